The maximum Gasteiger partial charge on any atom is 0.246 e. The Bertz CT molecular complexity index is 630. The highest BCUT2D eigenvalue weighted by molar-refractivity contribution is 5.92. The Morgan fingerprint density at radius 3 is 2.54 bits per heavy atom. The molecule has 1 unspecified atom stereocenters. The lowest BCUT2D eigenvalue weighted by molar-refractivity contribution is -0.140. The summed E-state index contributed by atoms with van der Waals surface area (Å²) < 4.78 is 0. The third kappa shape index (κ3) is 5.58. The molecule has 3 N–H and O–H groups in total. The average molecular weight is 359 g/mol. The number of nitrogens with one attached hydrogen (secondary N) is 1. The first kappa shape index (κ1) is 19.9. The summed E-state index contributed by atoms with van der Waals surface area (Å²) in [5.41, 5.74) is 6.40. The van der Waals surface area contributed by atoms with Crippen LogP contribution in [0.3, 0.4) is 0 Å². The first-order valence-electron chi connectivity index (χ1n) is 9.31. The maximum atomic E-state index is 13.0. The molecule has 0 radical (unpaired) electrons. The highest BCUT2D eigenvalue weighted by Crippen LogP contribution is 2.19. The molecule has 1 saturated heterocycles. The van der Waals surface area contributed by atoms with Gasteiger partial charge in [0, 0.05) is 19.4 Å². The molecule has 2 rings (SSSR count). The van der Waals surface area contributed by atoms with Gasteiger partial charge in [-0.15, -0.1) is 0 Å². The number of likely N-dealkylation sites (tertiary alicyclic amines) is 1. The Morgan fingerprint density at radius 1 is 1.23 bits per heavy atom. The molecular weight excluding hydrogens is 330 g/mol. The van der Waals surface area contributed by atoms with Crippen molar-refractivity contribution in [3.8, 4) is 0 Å². The van der Waals surface area contributed by atoms with E-state index in [0.29, 0.717) is 31.7 Å². The number of rotatable bonds is 8. The van der Waals surface area contributed by atoms with Gasteiger partial charge in [0.05, 0.1) is 0 Å². The summed E-state index contributed by atoms with van der Waals surface area (Å²) in [5.74, 6) is -0.432. The van der Waals surface area contributed by atoms with Crippen LogP contribution in [0.1, 0.15) is 45.1 Å². The zero-order valence-corrected chi connectivity index (χ0v) is 15.6. The van der Waals surface area contributed by atoms with Gasteiger partial charge in [-0.2, -0.15) is 0 Å². The fourth-order valence-electron chi connectivity index (χ4n) is 3.26. The SMILES string of the molecule is CC(C)CCC(=O)NC(Cc1ccccc1)C(=O)N1CCC[C@H]1C(N)=O. The van der Waals surface area contributed by atoms with Gasteiger partial charge >= 0.3 is 0 Å². The average Bonchev–Trinajstić information content (AvgIpc) is 3.09. The quantitative estimate of drug-likeness (QED) is 0.739. The topological polar surface area (TPSA) is 92.5 Å². The predicted octanol–water partition coefficient (Wildman–Crippen LogP) is 1.63. The van der Waals surface area contributed by atoms with Gasteiger partial charge in [-0.1, -0.05) is 44.2 Å². The third-order valence-electron chi connectivity index (χ3n) is 4.73. The first-order valence-corrected chi connectivity index (χ1v) is 9.31. The van der Waals surface area contributed by atoms with Crippen LogP contribution in [0.15, 0.2) is 30.3 Å². The summed E-state index contributed by atoms with van der Waals surface area (Å²) in [6.45, 7) is 4.61. The Kier molecular flexibility index (Phi) is 7.18. The van der Waals surface area contributed by atoms with Gasteiger partial charge in [0.15, 0.2) is 0 Å². The van der Waals surface area contributed by atoms with Crippen LogP contribution in [-0.4, -0.2) is 41.2 Å². The molecule has 0 bridgehead atoms. The zero-order chi connectivity index (χ0) is 19.1. The summed E-state index contributed by atoms with van der Waals surface area (Å²) in [6.07, 6.45) is 2.88. The Balaban J connectivity index is 2.12. The first-order chi connectivity index (χ1) is 12.4. The Morgan fingerprint density at radius 2 is 1.92 bits per heavy atom. The summed E-state index contributed by atoms with van der Waals surface area (Å²) >= 11 is 0. The smallest absolute Gasteiger partial charge is 0.246 e. The van der Waals surface area contributed by atoms with Crippen LogP contribution < -0.4 is 11.1 Å². The van der Waals surface area contributed by atoms with E-state index in [9.17, 15) is 14.4 Å². The molecule has 6 heteroatoms. The molecule has 1 aromatic rings. The number of nitrogens with zero attached hydrogens (tertiary/aromatic N) is 1. The van der Waals surface area contributed by atoms with E-state index in [1.54, 1.807) is 0 Å². The lowest BCUT2D eigenvalue weighted by atomic mass is 10.0. The molecule has 0 spiro atoms. The molecule has 3 amide bonds. The second-order valence-corrected chi connectivity index (χ2v) is 7.33. The molecule has 1 aliphatic heterocycles. The minimum atomic E-state index is -0.683. The zero-order valence-electron chi connectivity index (χ0n) is 15.6. The molecule has 1 fully saturated rings. The molecule has 2 atom stereocenters. The molecule has 0 aliphatic carbocycles. The third-order valence-corrected chi connectivity index (χ3v) is 4.73. The van der Waals surface area contributed by atoms with E-state index in [0.717, 1.165) is 18.4 Å². The van der Waals surface area contributed by atoms with Crippen molar-refractivity contribution in [3.63, 3.8) is 0 Å². The van der Waals surface area contributed by atoms with E-state index in [2.05, 4.69) is 19.2 Å². The molecule has 1 heterocycles. The van der Waals surface area contributed by atoms with Crippen molar-refractivity contribution >= 4 is 17.7 Å². The number of carbonyl (C=O) groups is 3. The van der Waals surface area contributed by atoms with Crippen molar-refractivity contribution in [2.75, 3.05) is 6.54 Å². The lowest BCUT2D eigenvalue weighted by Crippen LogP contribution is -2.53. The number of hydrogen-bond acceptors (Lipinski definition) is 3. The van der Waals surface area contributed by atoms with Gasteiger partial charge in [-0.05, 0) is 30.7 Å². The van der Waals surface area contributed by atoms with E-state index in [1.165, 1.54) is 4.90 Å². The fraction of sp³-hybridized carbons (Fsp3) is 0.550. The van der Waals surface area contributed by atoms with E-state index in [1.807, 2.05) is 30.3 Å². The number of primary amides is 1. The van der Waals surface area contributed by atoms with E-state index >= 15 is 0 Å². The molecule has 1 aliphatic rings. The summed E-state index contributed by atoms with van der Waals surface area (Å²) in [4.78, 5) is 38.5. The van der Waals surface area contributed by atoms with Crippen LogP contribution in [0.2, 0.25) is 0 Å². The van der Waals surface area contributed by atoms with E-state index < -0.39 is 18.0 Å². The van der Waals surface area contributed by atoms with Gasteiger partial charge in [-0.25, -0.2) is 0 Å². The number of benzene rings is 1. The van der Waals surface area contributed by atoms with Crippen molar-refractivity contribution in [1.29, 1.82) is 0 Å². The molecule has 6 nitrogen and oxygen atoms in total. The standard InChI is InChI=1S/C20H29N3O3/c1-14(2)10-11-18(24)22-16(13-15-7-4-3-5-8-15)20(26)23-12-6-9-17(23)19(21)25/h3-5,7-8,14,16-17H,6,9-13H2,1-2H3,(H2,21,25)(H,22,24)/t16?,17-/m0/s1. The van der Waals surface area contributed by atoms with Gasteiger partial charge in [0.1, 0.15) is 12.1 Å². The van der Waals surface area contributed by atoms with Crippen LogP contribution in [0.5, 0.6) is 0 Å². The molecule has 26 heavy (non-hydrogen) atoms. The van der Waals surface area contributed by atoms with Crippen LogP contribution in [0, 0.1) is 5.92 Å². The summed E-state index contributed by atoms with van der Waals surface area (Å²) in [6, 6.07) is 8.31. The van der Waals surface area contributed by atoms with Crippen molar-refractivity contribution in [1.82, 2.24) is 10.2 Å². The minimum absolute atomic E-state index is 0.136. The van der Waals surface area contributed by atoms with Gasteiger partial charge < -0.3 is 16.0 Å². The largest absolute Gasteiger partial charge is 0.368 e. The molecule has 1 aromatic carbocycles. The van der Waals surface area contributed by atoms with Crippen molar-refractivity contribution in [2.24, 2.45) is 11.7 Å². The minimum Gasteiger partial charge on any atom is -0.368 e. The molecular formula is C20H29N3O3. The predicted molar refractivity (Wildman–Crippen MR) is 100 cm³/mol. The number of hydrogen-bond donors (Lipinski definition) is 2. The monoisotopic (exact) mass is 359 g/mol. The van der Waals surface area contributed by atoms with Crippen LogP contribution in [-0.2, 0) is 20.8 Å². The number of amides is 3. The highest BCUT2D eigenvalue weighted by atomic mass is 16.2. The Labute approximate surface area is 155 Å². The van der Waals surface area contributed by atoms with Gasteiger partial charge in [0.25, 0.3) is 0 Å². The van der Waals surface area contributed by atoms with Crippen LogP contribution >= 0.6 is 0 Å². The number of carbonyl (C=O) groups excluding carboxylic acids is 3. The lowest BCUT2D eigenvalue weighted by Gasteiger charge is -2.28. The second kappa shape index (κ2) is 9.36. The van der Waals surface area contributed by atoms with E-state index in [-0.39, 0.29) is 11.8 Å². The Hall–Kier alpha value is -2.37. The van der Waals surface area contributed by atoms with Crippen LogP contribution in [0.25, 0.3) is 0 Å². The number of nitrogens with two attached hydrogens (primary N) is 1. The van der Waals surface area contributed by atoms with Crippen molar-refractivity contribution in [2.45, 2.75) is 58.0 Å². The van der Waals surface area contributed by atoms with Crippen molar-refractivity contribution < 1.29 is 14.4 Å². The van der Waals surface area contributed by atoms with E-state index in [4.69, 9.17) is 5.73 Å². The van der Waals surface area contributed by atoms with Gasteiger partial charge in [-0.3, -0.25) is 14.4 Å². The molecule has 142 valence electrons. The highest BCUT2D eigenvalue weighted by Gasteiger charge is 2.36. The molecule has 0 aromatic heterocycles. The normalized spacial score (nSPS) is 18.0. The summed E-state index contributed by atoms with van der Waals surface area (Å²) in [5, 5.41) is 2.87. The summed E-state index contributed by atoms with van der Waals surface area (Å²) in [7, 11) is 0. The van der Waals surface area contributed by atoms with Gasteiger partial charge in [0.2, 0.25) is 17.7 Å². The second-order valence-electron chi connectivity index (χ2n) is 7.33. The van der Waals surface area contributed by atoms with Crippen molar-refractivity contribution in [3.05, 3.63) is 35.9 Å². The fourth-order valence-corrected chi connectivity index (χ4v) is 3.26. The molecule has 0 saturated carbocycles. The van der Waals surface area contributed by atoms with Crippen LogP contribution in [0.4, 0.5) is 0 Å². The maximum absolute atomic E-state index is 13.0.